The summed E-state index contributed by atoms with van der Waals surface area (Å²) in [6.07, 6.45) is 1.99. The van der Waals surface area contributed by atoms with Gasteiger partial charge in [-0.1, -0.05) is 12.1 Å². The Hall–Kier alpha value is -3.49. The number of fused-ring (bicyclic) bond motifs is 1. The van der Waals surface area contributed by atoms with Crippen LogP contribution in [-0.2, 0) is 4.79 Å². The summed E-state index contributed by atoms with van der Waals surface area (Å²) in [6, 6.07) is 6.98. The van der Waals surface area contributed by atoms with E-state index in [1.807, 2.05) is 6.07 Å². The van der Waals surface area contributed by atoms with Crippen LogP contribution in [0.25, 0.3) is 11.0 Å². The Morgan fingerprint density at radius 1 is 1.26 bits per heavy atom. The van der Waals surface area contributed by atoms with Crippen LogP contribution in [0.5, 0.6) is 5.75 Å². The van der Waals surface area contributed by atoms with E-state index in [9.17, 15) is 14.0 Å². The largest absolute Gasteiger partial charge is 0.493 e. The van der Waals surface area contributed by atoms with Gasteiger partial charge in [-0.15, -0.1) is 0 Å². The number of amides is 2. The molecule has 1 aromatic carbocycles. The fraction of sp³-hybridized carbons (Fsp3) is 0.222. The highest BCUT2D eigenvalue weighted by atomic mass is 19.1. The van der Waals surface area contributed by atoms with Gasteiger partial charge in [0.1, 0.15) is 6.54 Å². The predicted molar refractivity (Wildman–Crippen MR) is 93.0 cm³/mol. The maximum absolute atomic E-state index is 12.9. The van der Waals surface area contributed by atoms with E-state index < -0.39 is 5.82 Å². The van der Waals surface area contributed by atoms with E-state index in [1.165, 1.54) is 16.9 Å². The van der Waals surface area contributed by atoms with Crippen LogP contribution >= 0.6 is 0 Å². The van der Waals surface area contributed by atoms with Crippen LogP contribution in [0.4, 0.5) is 10.3 Å². The third kappa shape index (κ3) is 3.07. The average molecular weight is 370 g/mol. The SMILES string of the molecule is COc1cccc2cc(C(=O)N3CCN(c4ncc(F)cn4)C(=O)C3)oc12. The van der Waals surface area contributed by atoms with Gasteiger partial charge in [0, 0.05) is 18.5 Å². The van der Waals surface area contributed by atoms with Gasteiger partial charge in [-0.2, -0.15) is 0 Å². The lowest BCUT2D eigenvalue weighted by atomic mass is 10.2. The van der Waals surface area contributed by atoms with Crippen LogP contribution in [0.15, 0.2) is 41.1 Å². The maximum atomic E-state index is 12.9. The number of benzene rings is 1. The number of carbonyl (C=O) groups is 2. The number of para-hydroxylation sites is 1. The lowest BCUT2D eigenvalue weighted by molar-refractivity contribution is -0.120. The van der Waals surface area contributed by atoms with E-state index in [4.69, 9.17) is 9.15 Å². The molecule has 138 valence electrons. The van der Waals surface area contributed by atoms with Crippen molar-refractivity contribution in [3.05, 3.63) is 48.2 Å². The number of furan rings is 1. The number of ether oxygens (including phenoxy) is 1. The first-order chi connectivity index (χ1) is 13.1. The number of piperazine rings is 1. The topological polar surface area (TPSA) is 88.8 Å². The maximum Gasteiger partial charge on any atom is 0.290 e. The number of anilines is 1. The lowest BCUT2D eigenvalue weighted by Crippen LogP contribution is -2.52. The van der Waals surface area contributed by atoms with Gasteiger partial charge >= 0.3 is 0 Å². The third-order valence-corrected chi connectivity index (χ3v) is 4.29. The highest BCUT2D eigenvalue weighted by Gasteiger charge is 2.31. The number of hydrogen-bond acceptors (Lipinski definition) is 6. The molecule has 0 saturated carbocycles. The number of methoxy groups -OCH3 is 1. The van der Waals surface area contributed by atoms with Crippen molar-refractivity contribution < 1.29 is 23.1 Å². The highest BCUT2D eigenvalue weighted by Crippen LogP contribution is 2.29. The minimum atomic E-state index is -0.583. The molecule has 0 atom stereocenters. The summed E-state index contributed by atoms with van der Waals surface area (Å²) in [5, 5.41) is 0.738. The summed E-state index contributed by atoms with van der Waals surface area (Å²) in [5.41, 5.74) is 0.480. The smallest absolute Gasteiger partial charge is 0.290 e. The molecule has 2 aromatic heterocycles. The van der Waals surface area contributed by atoms with Crippen LogP contribution < -0.4 is 9.64 Å². The molecule has 1 fully saturated rings. The number of rotatable bonds is 3. The molecule has 0 N–H and O–H groups in total. The summed E-state index contributed by atoms with van der Waals surface area (Å²) < 4.78 is 23.8. The van der Waals surface area contributed by atoms with E-state index in [0.29, 0.717) is 11.3 Å². The molecular formula is C18H15FN4O4. The fourth-order valence-electron chi connectivity index (χ4n) is 2.96. The Labute approximate surface area is 153 Å². The Bertz CT molecular complexity index is 1020. The quantitative estimate of drug-likeness (QED) is 0.699. The second-order valence-corrected chi connectivity index (χ2v) is 5.96. The Kier molecular flexibility index (Phi) is 4.19. The van der Waals surface area contributed by atoms with Crippen molar-refractivity contribution in [2.24, 2.45) is 0 Å². The molecule has 0 spiro atoms. The van der Waals surface area contributed by atoms with Crippen LogP contribution in [0.2, 0.25) is 0 Å². The first kappa shape index (κ1) is 17.0. The van der Waals surface area contributed by atoms with Gasteiger partial charge in [0.15, 0.2) is 22.9 Å². The normalized spacial score (nSPS) is 14.7. The lowest BCUT2D eigenvalue weighted by Gasteiger charge is -2.32. The molecule has 0 aliphatic carbocycles. The molecule has 3 heterocycles. The molecule has 0 bridgehead atoms. The zero-order valence-electron chi connectivity index (χ0n) is 14.4. The van der Waals surface area contributed by atoms with Gasteiger partial charge in [-0.25, -0.2) is 14.4 Å². The highest BCUT2D eigenvalue weighted by molar-refractivity contribution is 6.01. The first-order valence-electron chi connectivity index (χ1n) is 8.20. The second kappa shape index (κ2) is 6.67. The van der Waals surface area contributed by atoms with E-state index in [2.05, 4.69) is 9.97 Å². The number of aromatic nitrogens is 2. The number of halogens is 1. The molecule has 1 saturated heterocycles. The van der Waals surface area contributed by atoms with Crippen LogP contribution in [-0.4, -0.2) is 53.4 Å². The third-order valence-electron chi connectivity index (χ3n) is 4.29. The molecule has 8 nitrogen and oxygen atoms in total. The minimum Gasteiger partial charge on any atom is -0.493 e. The standard InChI is InChI=1S/C18H15FN4O4/c1-26-13-4-2-3-11-7-14(27-16(11)13)17(25)22-5-6-23(15(24)10-22)18-20-8-12(19)9-21-18/h2-4,7-9H,5-6,10H2,1H3. The van der Waals surface area contributed by atoms with E-state index in [0.717, 1.165) is 17.8 Å². The number of nitrogens with zero attached hydrogens (tertiary/aromatic N) is 4. The van der Waals surface area contributed by atoms with E-state index in [1.54, 1.807) is 18.2 Å². The average Bonchev–Trinajstić information content (AvgIpc) is 3.12. The van der Waals surface area contributed by atoms with Crippen molar-refractivity contribution >= 4 is 28.7 Å². The molecule has 0 unspecified atom stereocenters. The molecule has 4 rings (SSSR count). The summed E-state index contributed by atoms with van der Waals surface area (Å²) in [7, 11) is 1.52. The van der Waals surface area contributed by atoms with Crippen molar-refractivity contribution in [3.8, 4) is 5.75 Å². The Morgan fingerprint density at radius 2 is 2.04 bits per heavy atom. The van der Waals surface area contributed by atoms with Gasteiger partial charge < -0.3 is 14.1 Å². The molecule has 9 heteroatoms. The van der Waals surface area contributed by atoms with E-state index in [-0.39, 0.29) is 43.2 Å². The van der Waals surface area contributed by atoms with Crippen molar-refractivity contribution in [2.75, 3.05) is 31.6 Å². The predicted octanol–water partition coefficient (Wildman–Crippen LogP) is 1.86. The van der Waals surface area contributed by atoms with Crippen LogP contribution in [0, 0.1) is 5.82 Å². The zero-order chi connectivity index (χ0) is 19.0. The Morgan fingerprint density at radius 3 is 2.74 bits per heavy atom. The van der Waals surface area contributed by atoms with Gasteiger partial charge in [-0.3, -0.25) is 14.5 Å². The van der Waals surface area contributed by atoms with Crippen molar-refractivity contribution in [1.82, 2.24) is 14.9 Å². The first-order valence-corrected chi connectivity index (χ1v) is 8.20. The van der Waals surface area contributed by atoms with Gasteiger partial charge in [-0.05, 0) is 12.1 Å². The van der Waals surface area contributed by atoms with Crippen molar-refractivity contribution in [3.63, 3.8) is 0 Å². The zero-order valence-corrected chi connectivity index (χ0v) is 14.4. The Balaban J connectivity index is 1.52. The molecule has 1 aliphatic rings. The van der Waals surface area contributed by atoms with Gasteiger partial charge in [0.2, 0.25) is 11.9 Å². The summed E-state index contributed by atoms with van der Waals surface area (Å²) in [4.78, 5) is 35.5. The molecule has 27 heavy (non-hydrogen) atoms. The second-order valence-electron chi connectivity index (χ2n) is 5.96. The van der Waals surface area contributed by atoms with Gasteiger partial charge in [0.05, 0.1) is 19.5 Å². The molecule has 3 aromatic rings. The van der Waals surface area contributed by atoms with E-state index >= 15 is 0 Å². The van der Waals surface area contributed by atoms with Crippen LogP contribution in [0.3, 0.4) is 0 Å². The van der Waals surface area contributed by atoms with Crippen molar-refractivity contribution in [2.45, 2.75) is 0 Å². The summed E-state index contributed by atoms with van der Waals surface area (Å²) in [5.74, 6) is -0.548. The number of carbonyl (C=O) groups excluding carboxylic acids is 2. The minimum absolute atomic E-state index is 0.113. The number of hydrogen-bond donors (Lipinski definition) is 0. The van der Waals surface area contributed by atoms with Crippen LogP contribution in [0.1, 0.15) is 10.6 Å². The monoisotopic (exact) mass is 370 g/mol. The fourth-order valence-corrected chi connectivity index (χ4v) is 2.96. The molecule has 1 aliphatic heterocycles. The molecule has 2 amide bonds. The molecular weight excluding hydrogens is 355 g/mol. The summed E-state index contributed by atoms with van der Waals surface area (Å²) >= 11 is 0. The molecule has 0 radical (unpaired) electrons. The van der Waals surface area contributed by atoms with Gasteiger partial charge in [0.25, 0.3) is 5.91 Å². The van der Waals surface area contributed by atoms with Crippen molar-refractivity contribution in [1.29, 1.82) is 0 Å². The summed E-state index contributed by atoms with van der Waals surface area (Å²) in [6.45, 7) is 0.340.